The Balaban J connectivity index is 2.24. The number of nitrogens with zero attached hydrogens (tertiary/aromatic N) is 1. The van der Waals surface area contributed by atoms with Crippen molar-refractivity contribution in [2.75, 3.05) is 18.5 Å². The van der Waals surface area contributed by atoms with Crippen LogP contribution in [0.3, 0.4) is 0 Å². The van der Waals surface area contributed by atoms with E-state index in [0.717, 1.165) is 16.4 Å². The Labute approximate surface area is 180 Å². The molecular formula is C23H23F2NO4S. The zero-order chi connectivity index (χ0) is 22.8. The summed E-state index contributed by atoms with van der Waals surface area (Å²) in [5, 5.41) is 0. The maximum absolute atomic E-state index is 14.2. The number of rotatable bonds is 7. The zero-order valence-electron chi connectivity index (χ0n) is 17.6. The van der Waals surface area contributed by atoms with Gasteiger partial charge in [-0.1, -0.05) is 12.1 Å². The minimum absolute atomic E-state index is 0.0957. The summed E-state index contributed by atoms with van der Waals surface area (Å²) in [6.45, 7) is 3.18. The van der Waals surface area contributed by atoms with E-state index in [1.807, 2.05) is 0 Å². The van der Waals surface area contributed by atoms with Crippen LogP contribution in [0.4, 0.5) is 14.5 Å². The number of aryl methyl sites for hydroxylation is 1. The molecule has 8 heteroatoms. The second-order valence-corrected chi connectivity index (χ2v) is 8.79. The van der Waals surface area contributed by atoms with Gasteiger partial charge in [-0.2, -0.15) is 0 Å². The highest BCUT2D eigenvalue weighted by atomic mass is 32.2. The highest BCUT2D eigenvalue weighted by molar-refractivity contribution is 7.92. The Morgan fingerprint density at radius 3 is 2.29 bits per heavy atom. The Morgan fingerprint density at radius 2 is 1.68 bits per heavy atom. The van der Waals surface area contributed by atoms with Crippen LogP contribution >= 0.6 is 0 Å². The first-order valence-corrected chi connectivity index (χ1v) is 10.9. The van der Waals surface area contributed by atoms with Gasteiger partial charge < -0.3 is 9.47 Å². The Morgan fingerprint density at radius 1 is 0.935 bits per heavy atom. The van der Waals surface area contributed by atoms with E-state index >= 15 is 0 Å². The summed E-state index contributed by atoms with van der Waals surface area (Å²) in [7, 11) is -1.31. The van der Waals surface area contributed by atoms with Gasteiger partial charge >= 0.3 is 0 Å². The molecule has 0 heterocycles. The molecule has 3 aromatic carbocycles. The van der Waals surface area contributed by atoms with Crippen molar-refractivity contribution in [2.45, 2.75) is 24.8 Å². The minimum Gasteiger partial charge on any atom is -0.497 e. The van der Waals surface area contributed by atoms with Crippen LogP contribution in [-0.4, -0.2) is 22.6 Å². The molecular weight excluding hydrogens is 424 g/mol. The van der Waals surface area contributed by atoms with E-state index in [4.69, 9.17) is 9.47 Å². The molecule has 3 rings (SSSR count). The monoisotopic (exact) mass is 447 g/mol. The predicted molar refractivity (Wildman–Crippen MR) is 115 cm³/mol. The van der Waals surface area contributed by atoms with E-state index in [2.05, 4.69) is 0 Å². The van der Waals surface area contributed by atoms with Crippen LogP contribution in [0.5, 0.6) is 11.5 Å². The fourth-order valence-electron chi connectivity index (χ4n) is 3.32. The van der Waals surface area contributed by atoms with Gasteiger partial charge in [0.25, 0.3) is 10.0 Å². The Hall–Kier alpha value is -3.13. The molecule has 0 fully saturated rings. The molecule has 0 bridgehead atoms. The molecule has 5 nitrogen and oxygen atoms in total. The molecule has 0 aromatic heterocycles. The summed E-state index contributed by atoms with van der Waals surface area (Å²) in [4.78, 5) is -0.242. The highest BCUT2D eigenvalue weighted by Gasteiger charge is 2.33. The number of benzene rings is 3. The Bertz CT molecular complexity index is 1200. The lowest BCUT2D eigenvalue weighted by atomic mass is 10.1. The number of hydrogen-bond acceptors (Lipinski definition) is 4. The molecule has 31 heavy (non-hydrogen) atoms. The third kappa shape index (κ3) is 4.49. The summed E-state index contributed by atoms with van der Waals surface area (Å²) < 4.78 is 67.3. The molecule has 0 aliphatic rings. The topological polar surface area (TPSA) is 55.8 Å². The van der Waals surface area contributed by atoms with Crippen LogP contribution in [0.2, 0.25) is 0 Å². The molecule has 164 valence electrons. The van der Waals surface area contributed by atoms with Crippen LogP contribution in [0.15, 0.2) is 65.6 Å². The summed E-state index contributed by atoms with van der Waals surface area (Å²) >= 11 is 0. The van der Waals surface area contributed by atoms with Crippen molar-refractivity contribution < 1.29 is 26.7 Å². The first-order valence-electron chi connectivity index (χ1n) is 9.47. The van der Waals surface area contributed by atoms with Gasteiger partial charge in [0.15, 0.2) is 0 Å². The standard InChI is InChI=1S/C23H23F2NO4S/c1-15-8-10-20(14-22(15)25)31(27,28)26(18-7-5-6-17(24)12-18)16(2)21-13-19(29-3)9-11-23(21)30-4/h5-14,16H,1-4H3. The fraction of sp³-hybridized carbons (Fsp3) is 0.217. The lowest BCUT2D eigenvalue weighted by Crippen LogP contribution is -2.34. The van der Waals surface area contributed by atoms with Gasteiger partial charge in [-0.15, -0.1) is 0 Å². The van der Waals surface area contributed by atoms with Crippen molar-refractivity contribution in [3.63, 3.8) is 0 Å². The van der Waals surface area contributed by atoms with Crippen LogP contribution in [-0.2, 0) is 10.0 Å². The van der Waals surface area contributed by atoms with Crippen molar-refractivity contribution in [1.29, 1.82) is 0 Å². The van der Waals surface area contributed by atoms with Gasteiger partial charge in [0.1, 0.15) is 23.1 Å². The van der Waals surface area contributed by atoms with Crippen LogP contribution in [0, 0.1) is 18.6 Å². The first kappa shape index (κ1) is 22.6. The minimum atomic E-state index is -4.27. The van der Waals surface area contributed by atoms with Crippen molar-refractivity contribution in [2.24, 2.45) is 0 Å². The van der Waals surface area contributed by atoms with Crippen LogP contribution in [0.25, 0.3) is 0 Å². The number of sulfonamides is 1. The van der Waals surface area contributed by atoms with Gasteiger partial charge in [-0.05, 0) is 67.9 Å². The molecule has 0 saturated heterocycles. The SMILES string of the molecule is COc1ccc(OC)c(C(C)N(c2cccc(F)c2)S(=O)(=O)c2ccc(C)c(F)c2)c1. The van der Waals surface area contributed by atoms with Crippen molar-refractivity contribution in [3.05, 3.63) is 83.4 Å². The molecule has 1 atom stereocenters. The van der Waals surface area contributed by atoms with E-state index in [9.17, 15) is 17.2 Å². The van der Waals surface area contributed by atoms with E-state index in [1.54, 1.807) is 32.0 Å². The summed E-state index contributed by atoms with van der Waals surface area (Å²) in [5.74, 6) is -0.315. The largest absolute Gasteiger partial charge is 0.497 e. The lowest BCUT2D eigenvalue weighted by molar-refractivity contribution is 0.396. The molecule has 3 aromatic rings. The second-order valence-electron chi connectivity index (χ2n) is 6.98. The lowest BCUT2D eigenvalue weighted by Gasteiger charge is -2.32. The van der Waals surface area contributed by atoms with Crippen molar-refractivity contribution in [1.82, 2.24) is 0 Å². The molecule has 0 amide bonds. The maximum Gasteiger partial charge on any atom is 0.264 e. The van der Waals surface area contributed by atoms with E-state index in [-0.39, 0.29) is 10.6 Å². The molecule has 0 spiro atoms. The normalized spacial score (nSPS) is 12.3. The molecule has 0 saturated carbocycles. The number of hydrogen-bond donors (Lipinski definition) is 0. The van der Waals surface area contributed by atoms with E-state index < -0.39 is 27.7 Å². The summed E-state index contributed by atoms with van der Waals surface area (Å²) in [5.41, 5.74) is 0.916. The third-order valence-electron chi connectivity index (χ3n) is 5.00. The van der Waals surface area contributed by atoms with Gasteiger partial charge in [0, 0.05) is 5.56 Å². The van der Waals surface area contributed by atoms with Gasteiger partial charge in [0.2, 0.25) is 0 Å². The summed E-state index contributed by atoms with van der Waals surface area (Å²) in [6.07, 6.45) is 0. The van der Waals surface area contributed by atoms with E-state index in [0.29, 0.717) is 22.6 Å². The third-order valence-corrected chi connectivity index (χ3v) is 6.90. The van der Waals surface area contributed by atoms with E-state index in [1.165, 1.54) is 44.6 Å². The average molecular weight is 448 g/mol. The highest BCUT2D eigenvalue weighted by Crippen LogP contribution is 2.38. The maximum atomic E-state index is 14.2. The zero-order valence-corrected chi connectivity index (χ0v) is 18.4. The summed E-state index contributed by atoms with van der Waals surface area (Å²) in [6, 6.07) is 13.1. The van der Waals surface area contributed by atoms with Gasteiger partial charge in [-0.25, -0.2) is 17.2 Å². The molecule has 1 unspecified atom stereocenters. The molecule has 0 radical (unpaired) electrons. The molecule has 0 N–H and O–H groups in total. The fourth-order valence-corrected chi connectivity index (χ4v) is 4.96. The number of anilines is 1. The first-order chi connectivity index (χ1) is 14.7. The Kier molecular flexibility index (Phi) is 6.50. The average Bonchev–Trinajstić information content (AvgIpc) is 2.75. The number of methoxy groups -OCH3 is 2. The molecule has 0 aliphatic carbocycles. The van der Waals surface area contributed by atoms with Crippen molar-refractivity contribution in [3.8, 4) is 11.5 Å². The quantitative estimate of drug-likeness (QED) is 0.497. The number of ether oxygens (including phenoxy) is 2. The van der Waals surface area contributed by atoms with Crippen LogP contribution < -0.4 is 13.8 Å². The smallest absolute Gasteiger partial charge is 0.264 e. The van der Waals surface area contributed by atoms with Gasteiger partial charge in [0.05, 0.1) is 30.8 Å². The number of halogens is 2. The second kappa shape index (κ2) is 8.93. The van der Waals surface area contributed by atoms with Crippen LogP contribution in [0.1, 0.15) is 24.1 Å². The van der Waals surface area contributed by atoms with Gasteiger partial charge in [-0.3, -0.25) is 4.31 Å². The predicted octanol–water partition coefficient (Wildman–Crippen LogP) is 5.25. The molecule has 0 aliphatic heterocycles. The van der Waals surface area contributed by atoms with Crippen molar-refractivity contribution >= 4 is 15.7 Å².